The molecule has 1 atom stereocenters. The molecule has 0 bridgehead atoms. The summed E-state index contributed by atoms with van der Waals surface area (Å²) in [4.78, 5) is 4.76. The lowest BCUT2D eigenvalue weighted by Crippen LogP contribution is -2.47. The predicted molar refractivity (Wildman–Crippen MR) is 119 cm³/mol. The minimum atomic E-state index is -3.41. The third kappa shape index (κ3) is 5.37. The van der Waals surface area contributed by atoms with Crippen molar-refractivity contribution in [1.29, 1.82) is 0 Å². The summed E-state index contributed by atoms with van der Waals surface area (Å²) in [6.45, 7) is 7.82. The third-order valence-electron chi connectivity index (χ3n) is 5.49. The number of halogens is 1. The SMILES string of the molecule is CCN(CC)S(=O)(=O)N1CCC[C@@H](c2cc(Cc3cccc(Cl)c3)cc(C)n2)C1. The molecule has 0 unspecified atom stereocenters. The second-order valence-corrected chi connectivity index (χ2v) is 10.0. The van der Waals surface area contributed by atoms with Crippen LogP contribution in [-0.4, -0.2) is 48.2 Å². The molecular weight excluding hydrogens is 406 g/mol. The quantitative estimate of drug-likeness (QED) is 0.647. The van der Waals surface area contributed by atoms with Crippen LogP contribution in [0.3, 0.4) is 0 Å². The van der Waals surface area contributed by atoms with Crippen molar-refractivity contribution in [1.82, 2.24) is 13.6 Å². The molecule has 29 heavy (non-hydrogen) atoms. The van der Waals surface area contributed by atoms with Gasteiger partial charge < -0.3 is 0 Å². The van der Waals surface area contributed by atoms with Crippen LogP contribution in [0.2, 0.25) is 5.02 Å². The highest BCUT2D eigenvalue weighted by atomic mass is 35.5. The average molecular weight is 436 g/mol. The Hall–Kier alpha value is -1.47. The molecule has 0 saturated carbocycles. The monoisotopic (exact) mass is 435 g/mol. The maximum absolute atomic E-state index is 13.0. The number of hydrogen-bond donors (Lipinski definition) is 0. The fourth-order valence-electron chi connectivity index (χ4n) is 4.07. The predicted octanol–water partition coefficient (Wildman–Crippen LogP) is 4.40. The number of hydrogen-bond acceptors (Lipinski definition) is 3. The third-order valence-corrected chi connectivity index (χ3v) is 7.88. The first kappa shape index (κ1) is 22.2. The van der Waals surface area contributed by atoms with Gasteiger partial charge in [-0.2, -0.15) is 17.0 Å². The molecule has 1 fully saturated rings. The summed E-state index contributed by atoms with van der Waals surface area (Å²) >= 11 is 6.12. The van der Waals surface area contributed by atoms with Crippen LogP contribution in [0.4, 0.5) is 0 Å². The van der Waals surface area contributed by atoms with Crippen molar-refractivity contribution in [2.24, 2.45) is 0 Å². The van der Waals surface area contributed by atoms with Crippen LogP contribution in [0.1, 0.15) is 55.1 Å². The molecule has 1 aliphatic rings. The second-order valence-electron chi connectivity index (χ2n) is 7.64. The first-order valence-electron chi connectivity index (χ1n) is 10.3. The van der Waals surface area contributed by atoms with Gasteiger partial charge in [-0.3, -0.25) is 4.98 Å². The Balaban J connectivity index is 1.82. The molecule has 0 aliphatic carbocycles. The number of pyridine rings is 1. The zero-order chi connectivity index (χ0) is 21.0. The maximum Gasteiger partial charge on any atom is 0.281 e. The van der Waals surface area contributed by atoms with Gasteiger partial charge in [0, 0.05) is 48.5 Å². The lowest BCUT2D eigenvalue weighted by atomic mass is 9.93. The Morgan fingerprint density at radius 1 is 1.17 bits per heavy atom. The Labute approximate surface area is 179 Å². The second kappa shape index (κ2) is 9.56. The van der Waals surface area contributed by atoms with Crippen LogP contribution in [0.5, 0.6) is 0 Å². The van der Waals surface area contributed by atoms with E-state index in [0.29, 0.717) is 26.2 Å². The van der Waals surface area contributed by atoms with Crippen molar-refractivity contribution in [2.45, 2.75) is 46.0 Å². The molecule has 7 heteroatoms. The molecule has 1 saturated heterocycles. The van der Waals surface area contributed by atoms with E-state index in [-0.39, 0.29) is 5.92 Å². The van der Waals surface area contributed by atoms with E-state index in [1.807, 2.05) is 39.0 Å². The molecule has 0 spiro atoms. The highest BCUT2D eigenvalue weighted by molar-refractivity contribution is 7.86. The molecule has 5 nitrogen and oxygen atoms in total. The Kier molecular flexibility index (Phi) is 7.32. The summed E-state index contributed by atoms with van der Waals surface area (Å²) < 4.78 is 29.1. The van der Waals surface area contributed by atoms with E-state index >= 15 is 0 Å². The van der Waals surface area contributed by atoms with Crippen LogP contribution in [0.15, 0.2) is 36.4 Å². The van der Waals surface area contributed by atoms with E-state index in [0.717, 1.165) is 41.2 Å². The molecule has 158 valence electrons. The number of piperidine rings is 1. The van der Waals surface area contributed by atoms with E-state index in [1.54, 1.807) is 4.31 Å². The lowest BCUT2D eigenvalue weighted by molar-refractivity contribution is 0.285. The average Bonchev–Trinajstić information content (AvgIpc) is 2.68. The first-order chi connectivity index (χ1) is 13.8. The van der Waals surface area contributed by atoms with Gasteiger partial charge in [-0.1, -0.05) is 37.6 Å². The molecule has 1 aromatic carbocycles. The fourth-order valence-corrected chi connectivity index (χ4v) is 5.99. The minimum Gasteiger partial charge on any atom is -0.258 e. The molecule has 0 N–H and O–H groups in total. The molecule has 0 radical (unpaired) electrons. The first-order valence-corrected chi connectivity index (χ1v) is 12.1. The van der Waals surface area contributed by atoms with Crippen LogP contribution in [0.25, 0.3) is 0 Å². The van der Waals surface area contributed by atoms with Gasteiger partial charge in [-0.25, -0.2) is 0 Å². The highest BCUT2D eigenvalue weighted by Crippen LogP contribution is 2.29. The summed E-state index contributed by atoms with van der Waals surface area (Å²) in [7, 11) is -3.41. The molecule has 0 amide bonds. The smallest absolute Gasteiger partial charge is 0.258 e. The molecular formula is C22H30ClN3O2S. The van der Waals surface area contributed by atoms with Crippen molar-refractivity contribution in [2.75, 3.05) is 26.2 Å². The summed E-state index contributed by atoms with van der Waals surface area (Å²) in [6.07, 6.45) is 2.59. The molecule has 2 aromatic rings. The number of benzene rings is 1. The van der Waals surface area contributed by atoms with Crippen molar-refractivity contribution >= 4 is 21.8 Å². The standard InChI is InChI=1S/C22H30ClN3O2S/c1-4-25(5-2)29(27,28)26-11-7-9-20(16-26)22-15-19(12-17(3)24-22)13-18-8-6-10-21(23)14-18/h6,8,10,12,14-15,20H,4-5,7,9,11,13,16H2,1-3H3/t20-/m1/s1. The van der Waals surface area contributed by atoms with Gasteiger partial charge in [0.1, 0.15) is 0 Å². The minimum absolute atomic E-state index is 0.118. The van der Waals surface area contributed by atoms with E-state index in [1.165, 1.54) is 9.87 Å². The zero-order valence-electron chi connectivity index (χ0n) is 17.4. The summed E-state index contributed by atoms with van der Waals surface area (Å²) in [5.74, 6) is 0.118. The summed E-state index contributed by atoms with van der Waals surface area (Å²) in [5.41, 5.74) is 4.28. The fraction of sp³-hybridized carbons (Fsp3) is 0.500. The molecule has 3 rings (SSSR count). The molecule has 2 heterocycles. The number of aryl methyl sites for hydroxylation is 1. The van der Waals surface area contributed by atoms with Gasteiger partial charge in [0.25, 0.3) is 10.2 Å². The number of rotatable bonds is 7. The van der Waals surface area contributed by atoms with Crippen LogP contribution in [0, 0.1) is 6.92 Å². The van der Waals surface area contributed by atoms with Crippen molar-refractivity contribution < 1.29 is 8.42 Å². The van der Waals surface area contributed by atoms with Crippen molar-refractivity contribution in [3.05, 3.63) is 63.9 Å². The van der Waals surface area contributed by atoms with Crippen LogP contribution in [-0.2, 0) is 16.6 Å². The van der Waals surface area contributed by atoms with Crippen molar-refractivity contribution in [3.8, 4) is 0 Å². The normalized spacial score (nSPS) is 18.3. The highest BCUT2D eigenvalue weighted by Gasteiger charge is 2.33. The largest absolute Gasteiger partial charge is 0.281 e. The summed E-state index contributed by atoms with van der Waals surface area (Å²) in [6, 6.07) is 12.1. The van der Waals surface area contributed by atoms with Gasteiger partial charge in [0.2, 0.25) is 0 Å². The Morgan fingerprint density at radius 2 is 1.93 bits per heavy atom. The summed E-state index contributed by atoms with van der Waals surface area (Å²) in [5, 5.41) is 0.734. The maximum atomic E-state index is 13.0. The zero-order valence-corrected chi connectivity index (χ0v) is 19.0. The Morgan fingerprint density at radius 3 is 2.62 bits per heavy atom. The topological polar surface area (TPSA) is 53.5 Å². The number of aromatic nitrogens is 1. The van der Waals surface area contributed by atoms with E-state index in [9.17, 15) is 8.42 Å². The van der Waals surface area contributed by atoms with E-state index < -0.39 is 10.2 Å². The van der Waals surface area contributed by atoms with Crippen LogP contribution >= 0.6 is 11.6 Å². The van der Waals surface area contributed by atoms with Gasteiger partial charge in [-0.15, -0.1) is 0 Å². The Bertz CT molecular complexity index is 945. The van der Waals surface area contributed by atoms with E-state index in [2.05, 4.69) is 18.2 Å². The molecule has 1 aliphatic heterocycles. The molecule has 1 aromatic heterocycles. The van der Waals surface area contributed by atoms with E-state index in [4.69, 9.17) is 16.6 Å². The number of nitrogens with zero attached hydrogens (tertiary/aromatic N) is 3. The van der Waals surface area contributed by atoms with Gasteiger partial charge in [0.15, 0.2) is 0 Å². The van der Waals surface area contributed by atoms with Gasteiger partial charge in [-0.05, 0) is 61.6 Å². The van der Waals surface area contributed by atoms with Crippen LogP contribution < -0.4 is 0 Å². The van der Waals surface area contributed by atoms with Crippen molar-refractivity contribution in [3.63, 3.8) is 0 Å². The van der Waals surface area contributed by atoms with Gasteiger partial charge in [0.05, 0.1) is 0 Å². The van der Waals surface area contributed by atoms with Gasteiger partial charge >= 0.3 is 0 Å². The lowest BCUT2D eigenvalue weighted by Gasteiger charge is -2.35.